The Hall–Kier alpha value is -2.49. The van der Waals surface area contributed by atoms with Gasteiger partial charge in [0.05, 0.1) is 13.2 Å². The second kappa shape index (κ2) is 10.7. The highest BCUT2D eigenvalue weighted by Crippen LogP contribution is 2.27. The molecule has 0 saturated carbocycles. The topological polar surface area (TPSA) is 74.8 Å². The van der Waals surface area contributed by atoms with Crippen LogP contribution in [0, 0.1) is 0 Å². The SMILES string of the molecule is COCCCNC(=S)Nc1nc(N2CCOCC2)cc(N2CCc3ccccc3C2)n1. The van der Waals surface area contributed by atoms with E-state index >= 15 is 0 Å². The van der Waals surface area contributed by atoms with Crippen molar-refractivity contribution in [2.75, 3.05) is 68.2 Å². The minimum Gasteiger partial charge on any atom is -0.385 e. The molecule has 2 N–H and O–H groups in total. The number of fused-ring (bicyclic) bond motifs is 1. The van der Waals surface area contributed by atoms with Gasteiger partial charge in [-0.05, 0) is 36.2 Å². The van der Waals surface area contributed by atoms with Crippen LogP contribution < -0.4 is 20.4 Å². The van der Waals surface area contributed by atoms with E-state index in [1.165, 1.54) is 11.1 Å². The van der Waals surface area contributed by atoms with Crippen LogP contribution in [0.5, 0.6) is 0 Å². The Morgan fingerprint density at radius 3 is 2.61 bits per heavy atom. The quantitative estimate of drug-likeness (QED) is 0.496. The van der Waals surface area contributed by atoms with Crippen LogP contribution in [0.25, 0.3) is 0 Å². The van der Waals surface area contributed by atoms with Gasteiger partial charge in [0.25, 0.3) is 0 Å². The Kier molecular flexibility index (Phi) is 7.50. The van der Waals surface area contributed by atoms with E-state index in [9.17, 15) is 0 Å². The largest absolute Gasteiger partial charge is 0.385 e. The molecule has 1 aromatic heterocycles. The summed E-state index contributed by atoms with van der Waals surface area (Å²) in [5, 5.41) is 6.88. The zero-order valence-corrected chi connectivity index (χ0v) is 18.8. The standard InChI is InChI=1S/C22H30N6O2S/c1-29-12-4-8-23-22(31)26-21-24-19(27-10-13-30-14-11-27)15-20(25-21)28-9-7-17-5-2-3-6-18(17)16-28/h2-3,5-6,15H,4,7-14,16H2,1H3,(H2,23,24,25,26,31). The van der Waals surface area contributed by atoms with Gasteiger partial charge in [-0.15, -0.1) is 0 Å². The van der Waals surface area contributed by atoms with Crippen molar-refractivity contribution in [3.8, 4) is 0 Å². The van der Waals surface area contributed by atoms with Gasteiger partial charge in [0.1, 0.15) is 11.6 Å². The number of rotatable bonds is 7. The van der Waals surface area contributed by atoms with Crippen molar-refractivity contribution < 1.29 is 9.47 Å². The molecule has 0 radical (unpaired) electrons. The second-order valence-electron chi connectivity index (χ2n) is 7.67. The molecule has 31 heavy (non-hydrogen) atoms. The Bertz CT molecular complexity index is 890. The van der Waals surface area contributed by atoms with Crippen LogP contribution in [-0.2, 0) is 22.4 Å². The molecule has 0 amide bonds. The van der Waals surface area contributed by atoms with Crippen molar-refractivity contribution in [1.29, 1.82) is 0 Å². The van der Waals surface area contributed by atoms with Crippen LogP contribution in [0.4, 0.5) is 17.6 Å². The Morgan fingerprint density at radius 1 is 1.10 bits per heavy atom. The number of methoxy groups -OCH3 is 1. The third-order valence-corrected chi connectivity index (χ3v) is 5.77. The number of thiocarbonyl (C=S) groups is 1. The van der Waals surface area contributed by atoms with Crippen LogP contribution in [0.3, 0.4) is 0 Å². The third kappa shape index (κ3) is 5.81. The summed E-state index contributed by atoms with van der Waals surface area (Å²) in [5.74, 6) is 2.33. The van der Waals surface area contributed by atoms with Crippen molar-refractivity contribution in [2.24, 2.45) is 0 Å². The summed E-state index contributed by atoms with van der Waals surface area (Å²) >= 11 is 5.45. The predicted molar refractivity (Wildman–Crippen MR) is 127 cm³/mol. The number of benzene rings is 1. The summed E-state index contributed by atoms with van der Waals surface area (Å²) in [5.41, 5.74) is 2.77. The van der Waals surface area contributed by atoms with E-state index in [0.29, 0.717) is 30.9 Å². The minimum atomic E-state index is 0.516. The Labute approximate surface area is 189 Å². The number of nitrogens with one attached hydrogen (secondary N) is 2. The molecular formula is C22H30N6O2S. The number of ether oxygens (including phenoxy) is 2. The average Bonchev–Trinajstić information content (AvgIpc) is 2.82. The maximum atomic E-state index is 5.51. The summed E-state index contributed by atoms with van der Waals surface area (Å²) < 4.78 is 10.6. The third-order valence-electron chi connectivity index (χ3n) is 5.52. The second-order valence-corrected chi connectivity index (χ2v) is 8.08. The normalized spacial score (nSPS) is 16.0. The first-order valence-corrected chi connectivity index (χ1v) is 11.2. The summed E-state index contributed by atoms with van der Waals surface area (Å²) in [6, 6.07) is 10.7. The summed E-state index contributed by atoms with van der Waals surface area (Å²) in [6.45, 7) is 6.25. The lowest BCUT2D eigenvalue weighted by Gasteiger charge is -2.32. The molecule has 0 aliphatic carbocycles. The van der Waals surface area contributed by atoms with Gasteiger partial charge in [-0.1, -0.05) is 24.3 Å². The van der Waals surface area contributed by atoms with Crippen LogP contribution in [0.1, 0.15) is 17.5 Å². The fourth-order valence-electron chi connectivity index (χ4n) is 3.85. The molecule has 4 rings (SSSR count). The van der Waals surface area contributed by atoms with Crippen LogP contribution in [0.2, 0.25) is 0 Å². The van der Waals surface area contributed by atoms with Gasteiger partial charge >= 0.3 is 0 Å². The zero-order chi connectivity index (χ0) is 21.5. The highest BCUT2D eigenvalue weighted by Gasteiger charge is 2.21. The Balaban J connectivity index is 1.53. The summed E-state index contributed by atoms with van der Waals surface area (Å²) in [6.07, 6.45) is 1.89. The van der Waals surface area contributed by atoms with Crippen molar-refractivity contribution in [1.82, 2.24) is 15.3 Å². The number of anilines is 3. The fraction of sp³-hybridized carbons (Fsp3) is 0.500. The molecular weight excluding hydrogens is 412 g/mol. The maximum absolute atomic E-state index is 5.51. The van der Waals surface area contributed by atoms with Crippen LogP contribution in [0.15, 0.2) is 30.3 Å². The Morgan fingerprint density at radius 2 is 1.84 bits per heavy atom. The molecule has 166 valence electrons. The summed E-state index contributed by atoms with van der Waals surface area (Å²) in [4.78, 5) is 14.1. The smallest absolute Gasteiger partial charge is 0.232 e. The molecule has 3 heterocycles. The van der Waals surface area contributed by atoms with E-state index in [0.717, 1.165) is 57.2 Å². The van der Waals surface area contributed by atoms with Crippen molar-refractivity contribution in [3.05, 3.63) is 41.5 Å². The fourth-order valence-corrected chi connectivity index (χ4v) is 4.04. The van der Waals surface area contributed by atoms with E-state index in [2.05, 4.69) is 50.8 Å². The van der Waals surface area contributed by atoms with Gasteiger partial charge in [0.15, 0.2) is 5.11 Å². The first-order chi connectivity index (χ1) is 15.2. The van der Waals surface area contributed by atoms with Crippen molar-refractivity contribution in [2.45, 2.75) is 19.4 Å². The molecule has 1 fully saturated rings. The highest BCUT2D eigenvalue weighted by molar-refractivity contribution is 7.80. The van der Waals surface area contributed by atoms with Crippen LogP contribution >= 0.6 is 12.2 Å². The molecule has 0 bridgehead atoms. The first kappa shape index (κ1) is 21.7. The molecule has 0 spiro atoms. The zero-order valence-electron chi connectivity index (χ0n) is 18.0. The lowest BCUT2D eigenvalue weighted by molar-refractivity contribution is 0.122. The van der Waals surface area contributed by atoms with E-state index in [1.807, 2.05) is 0 Å². The molecule has 2 aromatic rings. The van der Waals surface area contributed by atoms with E-state index in [4.69, 9.17) is 31.7 Å². The molecule has 1 aromatic carbocycles. The van der Waals surface area contributed by atoms with Gasteiger partial charge in [0.2, 0.25) is 5.95 Å². The van der Waals surface area contributed by atoms with Crippen LogP contribution in [-0.4, -0.2) is 68.2 Å². The van der Waals surface area contributed by atoms with E-state index in [1.54, 1.807) is 7.11 Å². The first-order valence-electron chi connectivity index (χ1n) is 10.8. The molecule has 0 atom stereocenters. The monoisotopic (exact) mass is 442 g/mol. The molecule has 1 saturated heterocycles. The lowest BCUT2D eigenvalue weighted by Crippen LogP contribution is -2.38. The van der Waals surface area contributed by atoms with Crippen molar-refractivity contribution >= 4 is 34.9 Å². The average molecular weight is 443 g/mol. The number of hydrogen-bond acceptors (Lipinski definition) is 7. The maximum Gasteiger partial charge on any atom is 0.232 e. The van der Waals surface area contributed by atoms with Gasteiger partial charge in [0, 0.05) is 52.5 Å². The van der Waals surface area contributed by atoms with Crippen molar-refractivity contribution in [3.63, 3.8) is 0 Å². The highest BCUT2D eigenvalue weighted by atomic mass is 32.1. The number of nitrogens with zero attached hydrogens (tertiary/aromatic N) is 4. The number of hydrogen-bond donors (Lipinski definition) is 2. The lowest BCUT2D eigenvalue weighted by atomic mass is 10.00. The van der Waals surface area contributed by atoms with Gasteiger partial charge in [-0.2, -0.15) is 9.97 Å². The van der Waals surface area contributed by atoms with Gasteiger partial charge < -0.3 is 29.9 Å². The minimum absolute atomic E-state index is 0.516. The molecule has 0 unspecified atom stereocenters. The van der Waals surface area contributed by atoms with E-state index in [-0.39, 0.29) is 0 Å². The number of morpholine rings is 1. The predicted octanol–water partition coefficient (Wildman–Crippen LogP) is 2.20. The number of aromatic nitrogens is 2. The summed E-state index contributed by atoms with van der Waals surface area (Å²) in [7, 11) is 1.70. The molecule has 2 aliphatic rings. The van der Waals surface area contributed by atoms with Gasteiger partial charge in [-0.3, -0.25) is 0 Å². The van der Waals surface area contributed by atoms with Gasteiger partial charge in [-0.25, -0.2) is 0 Å². The molecule has 9 heteroatoms. The van der Waals surface area contributed by atoms with E-state index < -0.39 is 0 Å². The molecule has 2 aliphatic heterocycles. The molecule has 8 nitrogen and oxygen atoms in total.